The van der Waals surface area contributed by atoms with Gasteiger partial charge in [-0.05, 0) is 18.7 Å². The van der Waals surface area contributed by atoms with Gasteiger partial charge in [0.15, 0.2) is 0 Å². The fraction of sp³-hybridized carbons (Fsp3) is 0.231. The van der Waals surface area contributed by atoms with Gasteiger partial charge in [-0.3, -0.25) is 4.98 Å². The summed E-state index contributed by atoms with van der Waals surface area (Å²) in [5, 5.41) is 3.20. The minimum absolute atomic E-state index is 0.520. The molecule has 0 saturated carbocycles. The Balaban J connectivity index is 2.06. The Morgan fingerprint density at radius 3 is 2.76 bits per heavy atom. The van der Waals surface area contributed by atoms with Gasteiger partial charge in [0, 0.05) is 12.7 Å². The normalized spacial score (nSPS) is 10.2. The lowest BCUT2D eigenvalue weighted by Gasteiger charge is -2.06. The zero-order valence-corrected chi connectivity index (χ0v) is 9.76. The lowest BCUT2D eigenvalue weighted by molar-refractivity contribution is 0.456. The van der Waals surface area contributed by atoms with Crippen molar-refractivity contribution in [3.8, 4) is 11.6 Å². The number of rotatable bonds is 5. The van der Waals surface area contributed by atoms with Crippen molar-refractivity contribution in [1.29, 1.82) is 0 Å². The van der Waals surface area contributed by atoms with Crippen molar-refractivity contribution < 1.29 is 4.74 Å². The molecule has 2 aromatic rings. The van der Waals surface area contributed by atoms with E-state index in [1.807, 2.05) is 30.3 Å². The lowest BCUT2D eigenvalue weighted by atomic mass is 10.3. The fourth-order valence-electron chi connectivity index (χ4n) is 1.38. The Morgan fingerprint density at radius 2 is 2.00 bits per heavy atom. The molecule has 0 amide bonds. The van der Waals surface area contributed by atoms with Gasteiger partial charge in [-0.25, -0.2) is 4.98 Å². The van der Waals surface area contributed by atoms with Crippen LogP contribution in [0, 0.1) is 0 Å². The molecule has 4 heteroatoms. The van der Waals surface area contributed by atoms with E-state index in [0.29, 0.717) is 12.4 Å². The summed E-state index contributed by atoms with van der Waals surface area (Å²) in [7, 11) is 0. The topological polar surface area (TPSA) is 47.0 Å². The largest absolute Gasteiger partial charge is 0.437 e. The van der Waals surface area contributed by atoms with E-state index >= 15 is 0 Å². The van der Waals surface area contributed by atoms with E-state index in [1.165, 1.54) is 0 Å². The Hall–Kier alpha value is -1.94. The number of nitrogens with zero attached hydrogens (tertiary/aromatic N) is 2. The Morgan fingerprint density at radius 1 is 1.18 bits per heavy atom. The van der Waals surface area contributed by atoms with Crippen molar-refractivity contribution in [2.45, 2.75) is 13.5 Å². The quantitative estimate of drug-likeness (QED) is 0.855. The van der Waals surface area contributed by atoms with Crippen molar-refractivity contribution in [3.63, 3.8) is 0 Å². The summed E-state index contributed by atoms with van der Waals surface area (Å²) < 4.78 is 5.60. The number of hydrogen-bond acceptors (Lipinski definition) is 4. The van der Waals surface area contributed by atoms with Crippen LogP contribution in [0.4, 0.5) is 0 Å². The molecular formula is C13H15N3O. The molecule has 17 heavy (non-hydrogen) atoms. The van der Waals surface area contributed by atoms with Gasteiger partial charge in [0.2, 0.25) is 5.88 Å². The monoisotopic (exact) mass is 229 g/mol. The van der Waals surface area contributed by atoms with Gasteiger partial charge in [0.25, 0.3) is 0 Å². The summed E-state index contributed by atoms with van der Waals surface area (Å²) in [4.78, 5) is 8.46. The molecular weight excluding hydrogens is 214 g/mol. The molecule has 0 aliphatic rings. The van der Waals surface area contributed by atoms with Crippen LogP contribution in [0.1, 0.15) is 12.6 Å². The Labute approximate surface area is 101 Å². The summed E-state index contributed by atoms with van der Waals surface area (Å²) in [6.45, 7) is 3.67. The highest BCUT2D eigenvalue weighted by Crippen LogP contribution is 2.17. The van der Waals surface area contributed by atoms with Crippen LogP contribution in [0.15, 0.2) is 42.7 Å². The number of aromatic nitrogens is 2. The van der Waals surface area contributed by atoms with Crippen LogP contribution in [0.3, 0.4) is 0 Å². The predicted octanol–water partition coefficient (Wildman–Crippen LogP) is 2.38. The number of nitrogens with one attached hydrogen (secondary N) is 1. The maximum absolute atomic E-state index is 5.60. The number of hydrogen-bond donors (Lipinski definition) is 1. The number of ether oxygens (including phenoxy) is 1. The zero-order chi connectivity index (χ0) is 11.9. The molecule has 1 N–H and O–H groups in total. The molecule has 0 aliphatic heterocycles. The number of benzene rings is 1. The van der Waals surface area contributed by atoms with Crippen LogP contribution in [-0.4, -0.2) is 16.5 Å². The molecule has 0 saturated heterocycles. The van der Waals surface area contributed by atoms with Gasteiger partial charge >= 0.3 is 0 Å². The van der Waals surface area contributed by atoms with Gasteiger partial charge in [-0.1, -0.05) is 25.1 Å². The van der Waals surface area contributed by atoms with Gasteiger partial charge in [0.05, 0.1) is 11.9 Å². The molecule has 88 valence electrons. The van der Waals surface area contributed by atoms with Crippen LogP contribution in [0.2, 0.25) is 0 Å². The molecule has 4 nitrogen and oxygen atoms in total. The van der Waals surface area contributed by atoms with Gasteiger partial charge in [0.1, 0.15) is 5.75 Å². The molecule has 0 spiro atoms. The average molecular weight is 229 g/mol. The van der Waals surface area contributed by atoms with Gasteiger partial charge in [-0.15, -0.1) is 0 Å². The second-order valence-corrected chi connectivity index (χ2v) is 3.54. The summed E-state index contributed by atoms with van der Waals surface area (Å²) in [6, 6.07) is 9.56. The molecule has 0 radical (unpaired) electrons. The highest BCUT2D eigenvalue weighted by molar-refractivity contribution is 5.25. The Bertz CT molecular complexity index is 459. The lowest BCUT2D eigenvalue weighted by Crippen LogP contribution is -2.13. The first-order valence-corrected chi connectivity index (χ1v) is 5.63. The first kappa shape index (κ1) is 11.5. The van der Waals surface area contributed by atoms with E-state index in [2.05, 4.69) is 22.2 Å². The highest BCUT2D eigenvalue weighted by atomic mass is 16.5. The van der Waals surface area contributed by atoms with Crippen LogP contribution >= 0.6 is 0 Å². The molecule has 0 bridgehead atoms. The average Bonchev–Trinajstić information content (AvgIpc) is 2.38. The van der Waals surface area contributed by atoms with Crippen molar-refractivity contribution in [2.24, 2.45) is 0 Å². The van der Waals surface area contributed by atoms with E-state index < -0.39 is 0 Å². The van der Waals surface area contributed by atoms with Gasteiger partial charge < -0.3 is 10.1 Å². The maximum atomic E-state index is 5.60. The minimum Gasteiger partial charge on any atom is -0.437 e. The SMILES string of the molecule is CCNCc1cncc(Oc2ccccc2)n1. The molecule has 0 fully saturated rings. The van der Waals surface area contributed by atoms with E-state index in [0.717, 1.165) is 18.0 Å². The minimum atomic E-state index is 0.520. The van der Waals surface area contributed by atoms with Crippen LogP contribution < -0.4 is 10.1 Å². The third kappa shape index (κ3) is 3.53. The predicted molar refractivity (Wildman–Crippen MR) is 65.9 cm³/mol. The molecule has 0 unspecified atom stereocenters. The van der Waals surface area contributed by atoms with E-state index in [1.54, 1.807) is 12.4 Å². The van der Waals surface area contributed by atoms with E-state index in [-0.39, 0.29) is 0 Å². The molecule has 1 aromatic heterocycles. The van der Waals surface area contributed by atoms with E-state index in [9.17, 15) is 0 Å². The van der Waals surface area contributed by atoms with Crippen molar-refractivity contribution in [3.05, 3.63) is 48.4 Å². The standard InChI is InChI=1S/C13H15N3O/c1-2-14-8-11-9-15-10-13(16-11)17-12-6-4-3-5-7-12/h3-7,9-10,14H,2,8H2,1H3. The summed E-state index contributed by atoms with van der Waals surface area (Å²) >= 11 is 0. The maximum Gasteiger partial charge on any atom is 0.238 e. The van der Waals surface area contributed by atoms with Gasteiger partial charge in [-0.2, -0.15) is 0 Å². The first-order chi connectivity index (χ1) is 8.38. The first-order valence-electron chi connectivity index (χ1n) is 5.63. The van der Waals surface area contributed by atoms with Crippen LogP contribution in [0.5, 0.6) is 11.6 Å². The third-order valence-electron chi connectivity index (χ3n) is 2.18. The van der Waals surface area contributed by atoms with E-state index in [4.69, 9.17) is 4.74 Å². The van der Waals surface area contributed by atoms with Crippen LogP contribution in [0.25, 0.3) is 0 Å². The summed E-state index contributed by atoms with van der Waals surface area (Å²) in [5.41, 5.74) is 0.875. The summed E-state index contributed by atoms with van der Waals surface area (Å²) in [5.74, 6) is 1.29. The van der Waals surface area contributed by atoms with Crippen molar-refractivity contribution in [1.82, 2.24) is 15.3 Å². The highest BCUT2D eigenvalue weighted by Gasteiger charge is 2.00. The van der Waals surface area contributed by atoms with Crippen LogP contribution in [-0.2, 0) is 6.54 Å². The molecule has 1 heterocycles. The second kappa shape index (κ2) is 5.96. The van der Waals surface area contributed by atoms with Crippen molar-refractivity contribution in [2.75, 3.05) is 6.54 Å². The number of para-hydroxylation sites is 1. The fourth-order valence-corrected chi connectivity index (χ4v) is 1.38. The molecule has 0 atom stereocenters. The molecule has 1 aromatic carbocycles. The molecule has 2 rings (SSSR count). The third-order valence-corrected chi connectivity index (χ3v) is 2.18. The smallest absolute Gasteiger partial charge is 0.238 e. The van der Waals surface area contributed by atoms with Crippen molar-refractivity contribution >= 4 is 0 Å². The second-order valence-electron chi connectivity index (χ2n) is 3.54. The zero-order valence-electron chi connectivity index (χ0n) is 9.76. The summed E-state index contributed by atoms with van der Waals surface area (Å²) in [6.07, 6.45) is 3.35. The molecule has 0 aliphatic carbocycles. The Kier molecular flexibility index (Phi) is 4.05.